The highest BCUT2D eigenvalue weighted by molar-refractivity contribution is 8.14. The second-order valence-electron chi connectivity index (χ2n) is 7.74. The second-order valence-corrected chi connectivity index (χ2v) is 8.70. The zero-order chi connectivity index (χ0) is 19.6. The van der Waals surface area contributed by atoms with Crippen LogP contribution in [0.4, 0.5) is 0 Å². The first kappa shape index (κ1) is 18.7. The number of fused-ring (bicyclic) bond motifs is 1. The van der Waals surface area contributed by atoms with E-state index in [1.54, 1.807) is 11.8 Å². The molecule has 0 aromatic heterocycles. The largest absolute Gasteiger partial charge is 0.454 e. The number of hydrogen-bond acceptors (Lipinski definition) is 7. The van der Waals surface area contributed by atoms with Crippen LogP contribution in [0.2, 0.25) is 0 Å². The third-order valence-corrected chi connectivity index (χ3v) is 6.75. The van der Waals surface area contributed by atoms with Gasteiger partial charge in [0.25, 0.3) is 0 Å². The number of nitrogens with zero attached hydrogens (tertiary/aromatic N) is 3. The summed E-state index contributed by atoms with van der Waals surface area (Å²) < 4.78 is 10.8. The lowest BCUT2D eigenvalue weighted by atomic mass is 10.0. The Morgan fingerprint density at radius 2 is 2.14 bits per heavy atom. The highest BCUT2D eigenvalue weighted by Crippen LogP contribution is 2.32. The van der Waals surface area contributed by atoms with Crippen LogP contribution in [0.25, 0.3) is 0 Å². The minimum atomic E-state index is -0.0631. The van der Waals surface area contributed by atoms with Gasteiger partial charge in [-0.15, -0.1) is 0 Å². The molecule has 2 saturated heterocycles. The van der Waals surface area contributed by atoms with E-state index in [0.717, 1.165) is 72.6 Å². The van der Waals surface area contributed by atoms with E-state index in [2.05, 4.69) is 20.8 Å². The Morgan fingerprint density at radius 1 is 1.28 bits per heavy atom. The van der Waals surface area contributed by atoms with Gasteiger partial charge in [-0.3, -0.25) is 15.2 Å². The van der Waals surface area contributed by atoms with Crippen molar-refractivity contribution in [1.29, 1.82) is 0 Å². The Balaban J connectivity index is 1.15. The summed E-state index contributed by atoms with van der Waals surface area (Å²) in [4.78, 5) is 19.2. The molecular formula is C20H25N5O3S. The van der Waals surface area contributed by atoms with Gasteiger partial charge in [0.05, 0.1) is 18.3 Å². The molecule has 1 aromatic rings. The van der Waals surface area contributed by atoms with Gasteiger partial charge in [0.15, 0.2) is 16.7 Å². The summed E-state index contributed by atoms with van der Waals surface area (Å²) in [5.74, 6) is 2.94. The van der Waals surface area contributed by atoms with Crippen molar-refractivity contribution in [2.75, 3.05) is 32.2 Å². The van der Waals surface area contributed by atoms with E-state index in [4.69, 9.17) is 9.47 Å². The number of rotatable bonds is 4. The van der Waals surface area contributed by atoms with E-state index < -0.39 is 0 Å². The van der Waals surface area contributed by atoms with Crippen molar-refractivity contribution in [1.82, 2.24) is 15.6 Å². The summed E-state index contributed by atoms with van der Waals surface area (Å²) in [7, 11) is 0. The molecule has 0 aliphatic carbocycles. The molecule has 5 rings (SSSR count). The Morgan fingerprint density at radius 3 is 2.97 bits per heavy atom. The normalized spacial score (nSPS) is 27.2. The van der Waals surface area contributed by atoms with Gasteiger partial charge in [-0.05, 0) is 37.0 Å². The summed E-state index contributed by atoms with van der Waals surface area (Å²) >= 11 is 1.67. The molecule has 0 radical (unpaired) electrons. The third-order valence-electron chi connectivity index (χ3n) is 5.81. The van der Waals surface area contributed by atoms with E-state index in [1.807, 2.05) is 23.1 Å². The molecule has 4 heterocycles. The van der Waals surface area contributed by atoms with E-state index in [0.29, 0.717) is 12.5 Å². The Bertz CT molecular complexity index is 853. The zero-order valence-electron chi connectivity index (χ0n) is 16.2. The first-order chi connectivity index (χ1) is 14.3. The molecule has 29 heavy (non-hydrogen) atoms. The lowest BCUT2D eigenvalue weighted by Crippen LogP contribution is -2.42. The van der Waals surface area contributed by atoms with Gasteiger partial charge < -0.3 is 19.7 Å². The highest BCUT2D eigenvalue weighted by atomic mass is 32.2. The molecule has 2 unspecified atom stereocenters. The standard InChI is InChI=1S/C20H25N5O3S/c26-19(25-5-1-2-6-25)15-8-14(10-21-15)16-11-29-20(24-23-16)22-9-13-3-4-17-18(7-13)28-12-27-17/h3-4,7,14-15,21H,1-2,5-6,8-12H2,(H,22,24). The molecule has 1 amide bonds. The number of likely N-dealkylation sites (tertiary alicyclic amines) is 1. The fourth-order valence-corrected chi connectivity index (χ4v) is 5.01. The van der Waals surface area contributed by atoms with Crippen molar-refractivity contribution in [3.05, 3.63) is 23.8 Å². The third kappa shape index (κ3) is 4.06. The lowest BCUT2D eigenvalue weighted by molar-refractivity contribution is -0.132. The quantitative estimate of drug-likeness (QED) is 0.776. The predicted molar refractivity (Wildman–Crippen MR) is 112 cm³/mol. The van der Waals surface area contributed by atoms with Crippen LogP contribution in [0, 0.1) is 5.92 Å². The van der Waals surface area contributed by atoms with Crippen LogP contribution in [0.15, 0.2) is 28.3 Å². The van der Waals surface area contributed by atoms with E-state index in [-0.39, 0.29) is 18.7 Å². The number of amidine groups is 1. The summed E-state index contributed by atoms with van der Waals surface area (Å²) in [6.45, 7) is 3.47. The molecule has 8 nitrogen and oxygen atoms in total. The van der Waals surface area contributed by atoms with E-state index in [1.165, 1.54) is 0 Å². The number of amides is 1. The average Bonchev–Trinajstić information content (AvgIpc) is 3.53. The number of benzene rings is 1. The molecule has 0 saturated carbocycles. The van der Waals surface area contributed by atoms with Crippen molar-refractivity contribution in [2.45, 2.75) is 31.8 Å². The first-order valence-electron chi connectivity index (χ1n) is 10.2. The van der Waals surface area contributed by atoms with Crippen molar-refractivity contribution >= 4 is 28.5 Å². The van der Waals surface area contributed by atoms with Crippen LogP contribution in [-0.4, -0.2) is 59.9 Å². The van der Waals surface area contributed by atoms with Crippen LogP contribution in [0.1, 0.15) is 24.8 Å². The predicted octanol–water partition coefficient (Wildman–Crippen LogP) is 1.56. The molecule has 2 fully saturated rings. The molecule has 1 aromatic carbocycles. The van der Waals surface area contributed by atoms with Gasteiger partial charge in [-0.25, -0.2) is 0 Å². The minimum absolute atomic E-state index is 0.0631. The van der Waals surface area contributed by atoms with Gasteiger partial charge in [-0.1, -0.05) is 17.8 Å². The molecule has 9 heteroatoms. The number of nitrogens with one attached hydrogen (secondary N) is 2. The van der Waals surface area contributed by atoms with Crippen molar-refractivity contribution in [2.24, 2.45) is 16.0 Å². The van der Waals surface area contributed by atoms with Crippen LogP contribution >= 0.6 is 11.8 Å². The summed E-state index contributed by atoms with van der Waals surface area (Å²) in [5, 5.41) is 8.78. The molecule has 154 valence electrons. The average molecular weight is 416 g/mol. The molecule has 0 bridgehead atoms. The van der Waals surface area contributed by atoms with Gasteiger partial charge >= 0.3 is 0 Å². The van der Waals surface area contributed by atoms with Crippen LogP contribution < -0.4 is 20.2 Å². The number of carbonyl (C=O) groups is 1. The molecular weight excluding hydrogens is 390 g/mol. The Hall–Kier alpha value is -2.26. The molecule has 4 aliphatic rings. The van der Waals surface area contributed by atoms with Gasteiger partial charge in [0.1, 0.15) is 0 Å². The number of ether oxygens (including phenoxy) is 2. The Labute approximate surface area is 174 Å². The number of carbonyl (C=O) groups excluding carboxylic acids is 1. The number of thioether (sulfide) groups is 1. The van der Waals surface area contributed by atoms with Crippen molar-refractivity contribution in [3.8, 4) is 11.5 Å². The maximum absolute atomic E-state index is 12.6. The number of aliphatic imine (C=N–C) groups is 1. The molecule has 2 atom stereocenters. The monoisotopic (exact) mass is 415 g/mol. The summed E-state index contributed by atoms with van der Waals surface area (Å²) in [6.07, 6.45) is 3.09. The molecule has 2 N–H and O–H groups in total. The number of hydrogen-bond donors (Lipinski definition) is 2. The van der Waals surface area contributed by atoms with Gasteiger partial charge in [0, 0.05) is 31.3 Å². The maximum Gasteiger partial charge on any atom is 0.239 e. The maximum atomic E-state index is 12.6. The van der Waals surface area contributed by atoms with Gasteiger partial charge in [0.2, 0.25) is 12.7 Å². The van der Waals surface area contributed by atoms with Crippen LogP contribution in [-0.2, 0) is 11.3 Å². The molecule has 0 spiro atoms. The zero-order valence-corrected chi connectivity index (χ0v) is 17.0. The summed E-state index contributed by atoms with van der Waals surface area (Å²) in [6, 6.07) is 5.83. The SMILES string of the molecule is O=C(C1CC(C2=NNC(=NCc3ccc4c(c3)OCO4)SC2)CN1)N1CCCC1. The van der Waals surface area contributed by atoms with Crippen molar-refractivity contribution in [3.63, 3.8) is 0 Å². The number of hydrazone groups is 1. The fourth-order valence-electron chi connectivity index (χ4n) is 4.15. The van der Waals surface area contributed by atoms with Crippen LogP contribution in [0.3, 0.4) is 0 Å². The lowest BCUT2D eigenvalue weighted by Gasteiger charge is -2.21. The topological polar surface area (TPSA) is 87.5 Å². The highest BCUT2D eigenvalue weighted by Gasteiger charge is 2.35. The second kappa shape index (κ2) is 8.23. The minimum Gasteiger partial charge on any atom is -0.454 e. The first-order valence-corrected chi connectivity index (χ1v) is 11.2. The van der Waals surface area contributed by atoms with E-state index >= 15 is 0 Å². The fraction of sp³-hybridized carbons (Fsp3) is 0.550. The Kier molecular flexibility index (Phi) is 5.32. The van der Waals surface area contributed by atoms with E-state index in [9.17, 15) is 4.79 Å². The summed E-state index contributed by atoms with van der Waals surface area (Å²) in [5.41, 5.74) is 5.27. The van der Waals surface area contributed by atoms with Crippen LogP contribution in [0.5, 0.6) is 11.5 Å². The van der Waals surface area contributed by atoms with Crippen molar-refractivity contribution < 1.29 is 14.3 Å². The molecule has 4 aliphatic heterocycles. The van der Waals surface area contributed by atoms with Gasteiger partial charge in [-0.2, -0.15) is 5.10 Å². The smallest absolute Gasteiger partial charge is 0.239 e.